The molecule has 0 amide bonds. The first kappa shape index (κ1) is 22.3. The van der Waals surface area contributed by atoms with Gasteiger partial charge in [-0.1, -0.05) is 72.2 Å². The normalized spacial score (nSPS) is 10.7. The molecule has 0 atom stereocenters. The number of carboxylic acid groups (broad SMARTS) is 1. The molecule has 5 heteroatoms. The van der Waals surface area contributed by atoms with Gasteiger partial charge in [-0.3, -0.25) is 4.79 Å². The highest BCUT2D eigenvalue weighted by molar-refractivity contribution is 7.99. The zero-order valence-electron chi connectivity index (χ0n) is 16.7. The van der Waals surface area contributed by atoms with E-state index in [1.54, 1.807) is 11.8 Å². The highest BCUT2D eigenvalue weighted by atomic mass is 35.5. The maximum absolute atomic E-state index is 10.6. The molecule has 3 nitrogen and oxygen atoms in total. The van der Waals surface area contributed by atoms with Gasteiger partial charge in [0.25, 0.3) is 0 Å². The Morgan fingerprint density at radius 1 is 0.900 bits per heavy atom. The Hall–Kier alpha value is -2.43. The number of aliphatic carboxylic acids is 1. The Morgan fingerprint density at radius 3 is 2.47 bits per heavy atom. The molecule has 156 valence electrons. The smallest absolute Gasteiger partial charge is 0.303 e. The highest BCUT2D eigenvalue weighted by Crippen LogP contribution is 2.33. The van der Waals surface area contributed by atoms with Crippen LogP contribution in [-0.4, -0.2) is 11.1 Å². The van der Waals surface area contributed by atoms with Crippen LogP contribution in [0.2, 0.25) is 5.02 Å². The van der Waals surface area contributed by atoms with Crippen LogP contribution in [0.5, 0.6) is 5.75 Å². The maximum atomic E-state index is 10.6. The van der Waals surface area contributed by atoms with E-state index in [-0.39, 0.29) is 6.42 Å². The summed E-state index contributed by atoms with van der Waals surface area (Å²) in [5.41, 5.74) is 2.25. The summed E-state index contributed by atoms with van der Waals surface area (Å²) in [5, 5.41) is 9.45. The first-order chi connectivity index (χ1) is 14.6. The van der Waals surface area contributed by atoms with Crippen molar-refractivity contribution < 1.29 is 14.6 Å². The highest BCUT2D eigenvalue weighted by Gasteiger charge is 2.06. The van der Waals surface area contributed by atoms with Crippen LogP contribution in [0.1, 0.15) is 36.8 Å². The average molecular weight is 441 g/mol. The third-order valence-corrected chi connectivity index (χ3v) is 5.98. The van der Waals surface area contributed by atoms with Crippen LogP contribution in [0.4, 0.5) is 0 Å². The van der Waals surface area contributed by atoms with Gasteiger partial charge in [-0.25, -0.2) is 0 Å². The van der Waals surface area contributed by atoms with Crippen molar-refractivity contribution in [3.05, 3.63) is 88.9 Å². The van der Waals surface area contributed by atoms with Crippen molar-refractivity contribution in [3.8, 4) is 5.75 Å². The molecule has 0 aromatic heterocycles. The summed E-state index contributed by atoms with van der Waals surface area (Å²) in [4.78, 5) is 12.7. The molecule has 3 aromatic rings. The predicted octanol–water partition coefficient (Wildman–Crippen LogP) is 7.26. The zero-order valence-corrected chi connectivity index (χ0v) is 18.3. The van der Waals surface area contributed by atoms with E-state index in [9.17, 15) is 4.79 Å². The number of benzene rings is 3. The lowest BCUT2D eigenvalue weighted by atomic mass is 10.1. The van der Waals surface area contributed by atoms with Gasteiger partial charge in [-0.15, -0.1) is 0 Å². The van der Waals surface area contributed by atoms with Crippen molar-refractivity contribution in [2.24, 2.45) is 0 Å². The van der Waals surface area contributed by atoms with Crippen molar-refractivity contribution >= 4 is 29.3 Å². The Labute approximate surface area is 187 Å². The SMILES string of the molecule is O=C(O)CCCCCc1ccc(Sc2cccc(OCc3ccccc3)c2)cc1Cl. The summed E-state index contributed by atoms with van der Waals surface area (Å²) in [6.45, 7) is 0.544. The predicted molar refractivity (Wildman–Crippen MR) is 123 cm³/mol. The minimum Gasteiger partial charge on any atom is -0.489 e. The fourth-order valence-corrected chi connectivity index (χ4v) is 4.31. The van der Waals surface area contributed by atoms with E-state index in [1.807, 2.05) is 54.6 Å². The molecule has 3 aromatic carbocycles. The molecule has 3 rings (SSSR count). The van der Waals surface area contributed by atoms with E-state index in [0.29, 0.717) is 13.0 Å². The van der Waals surface area contributed by atoms with E-state index in [2.05, 4.69) is 18.2 Å². The molecule has 0 aliphatic heterocycles. The van der Waals surface area contributed by atoms with Crippen molar-refractivity contribution in [1.29, 1.82) is 0 Å². The molecule has 0 saturated carbocycles. The molecule has 0 heterocycles. The van der Waals surface area contributed by atoms with Crippen molar-refractivity contribution in [2.75, 3.05) is 0 Å². The third-order valence-electron chi connectivity index (χ3n) is 4.65. The number of aryl methyl sites for hydroxylation is 1. The maximum Gasteiger partial charge on any atom is 0.303 e. The van der Waals surface area contributed by atoms with Gasteiger partial charge in [-0.2, -0.15) is 0 Å². The lowest BCUT2D eigenvalue weighted by Gasteiger charge is -2.10. The molecule has 0 radical (unpaired) electrons. The number of unbranched alkanes of at least 4 members (excludes halogenated alkanes) is 2. The van der Waals surface area contributed by atoms with Gasteiger partial charge in [-0.05, 0) is 60.7 Å². The van der Waals surface area contributed by atoms with Crippen molar-refractivity contribution in [2.45, 2.75) is 48.5 Å². The first-order valence-corrected chi connectivity index (χ1v) is 11.2. The average Bonchev–Trinajstić information content (AvgIpc) is 2.74. The number of ether oxygens (including phenoxy) is 1. The summed E-state index contributed by atoms with van der Waals surface area (Å²) < 4.78 is 5.92. The van der Waals surface area contributed by atoms with Gasteiger partial charge in [0, 0.05) is 21.2 Å². The van der Waals surface area contributed by atoms with Crippen LogP contribution in [0.3, 0.4) is 0 Å². The van der Waals surface area contributed by atoms with Gasteiger partial charge in [0.1, 0.15) is 12.4 Å². The van der Waals surface area contributed by atoms with Crippen LogP contribution >= 0.6 is 23.4 Å². The molecule has 0 spiro atoms. The number of carbonyl (C=O) groups is 1. The van der Waals surface area contributed by atoms with Gasteiger partial charge in [0.05, 0.1) is 0 Å². The Bertz CT molecular complexity index is 960. The second-order valence-corrected chi connectivity index (χ2v) is 8.61. The number of hydrogen-bond acceptors (Lipinski definition) is 3. The molecule has 30 heavy (non-hydrogen) atoms. The van der Waals surface area contributed by atoms with E-state index in [0.717, 1.165) is 51.0 Å². The lowest BCUT2D eigenvalue weighted by Crippen LogP contribution is -1.95. The molecule has 0 saturated heterocycles. The van der Waals surface area contributed by atoms with Crippen LogP contribution in [0.25, 0.3) is 0 Å². The quantitative estimate of drug-likeness (QED) is 0.319. The minimum absolute atomic E-state index is 0.234. The number of rotatable bonds is 11. The fourth-order valence-electron chi connectivity index (χ4n) is 3.07. The van der Waals surface area contributed by atoms with Gasteiger partial charge in [0.15, 0.2) is 0 Å². The Balaban J connectivity index is 1.53. The van der Waals surface area contributed by atoms with Crippen LogP contribution in [0, 0.1) is 0 Å². The summed E-state index contributed by atoms with van der Waals surface area (Å²) in [6.07, 6.45) is 3.66. The second-order valence-electron chi connectivity index (χ2n) is 7.06. The molecular formula is C25H25ClO3S. The topological polar surface area (TPSA) is 46.5 Å². The second kappa shape index (κ2) is 11.7. The standard InChI is InChI=1S/C25H25ClO3S/c26-24-17-23(15-14-20(24)10-5-2-6-13-25(27)28)30-22-12-7-11-21(16-22)29-18-19-8-3-1-4-9-19/h1,3-4,7-9,11-12,14-17H,2,5-6,10,13,18H2,(H,27,28). The first-order valence-electron chi connectivity index (χ1n) is 10.0. The van der Waals surface area contributed by atoms with Crippen LogP contribution < -0.4 is 4.74 Å². The Morgan fingerprint density at radius 2 is 1.70 bits per heavy atom. The summed E-state index contributed by atoms with van der Waals surface area (Å²) >= 11 is 8.13. The van der Waals surface area contributed by atoms with Gasteiger partial charge < -0.3 is 9.84 Å². The van der Waals surface area contributed by atoms with E-state index in [1.165, 1.54) is 0 Å². The van der Waals surface area contributed by atoms with Crippen LogP contribution in [0.15, 0.2) is 82.6 Å². The molecule has 0 fully saturated rings. The molecule has 0 unspecified atom stereocenters. The van der Waals surface area contributed by atoms with Crippen molar-refractivity contribution in [1.82, 2.24) is 0 Å². The third kappa shape index (κ3) is 7.43. The summed E-state index contributed by atoms with van der Waals surface area (Å²) in [5.74, 6) is 0.108. The van der Waals surface area contributed by atoms with Crippen LogP contribution in [-0.2, 0) is 17.8 Å². The summed E-state index contributed by atoms with van der Waals surface area (Å²) in [6, 6.07) is 24.3. The zero-order chi connectivity index (χ0) is 21.2. The van der Waals surface area contributed by atoms with Gasteiger partial charge in [0.2, 0.25) is 0 Å². The summed E-state index contributed by atoms with van der Waals surface area (Å²) in [7, 11) is 0. The van der Waals surface area contributed by atoms with Crippen molar-refractivity contribution in [3.63, 3.8) is 0 Å². The number of halogens is 1. The van der Waals surface area contributed by atoms with E-state index < -0.39 is 5.97 Å². The molecular weight excluding hydrogens is 416 g/mol. The molecule has 0 aliphatic carbocycles. The fraction of sp³-hybridized carbons (Fsp3) is 0.240. The molecule has 1 N–H and O–H groups in total. The lowest BCUT2D eigenvalue weighted by molar-refractivity contribution is -0.137. The van der Waals surface area contributed by atoms with E-state index >= 15 is 0 Å². The number of carboxylic acids is 1. The monoisotopic (exact) mass is 440 g/mol. The molecule has 0 aliphatic rings. The Kier molecular flexibility index (Phi) is 8.66. The number of hydrogen-bond donors (Lipinski definition) is 1. The minimum atomic E-state index is -0.732. The van der Waals surface area contributed by atoms with Gasteiger partial charge >= 0.3 is 5.97 Å². The largest absolute Gasteiger partial charge is 0.489 e. The molecule has 0 bridgehead atoms. The van der Waals surface area contributed by atoms with E-state index in [4.69, 9.17) is 21.4 Å².